The van der Waals surface area contributed by atoms with Gasteiger partial charge in [0, 0.05) is 33.4 Å². The molecule has 0 bridgehead atoms. The van der Waals surface area contributed by atoms with Crippen molar-refractivity contribution in [2.75, 3.05) is 33.4 Å². The predicted molar refractivity (Wildman–Crippen MR) is 109 cm³/mol. The molecular formula is C18H27IN4O2. The van der Waals surface area contributed by atoms with Crippen LogP contribution in [0.1, 0.15) is 30.4 Å². The number of guanidine groups is 1. The van der Waals surface area contributed by atoms with Gasteiger partial charge in [-0.05, 0) is 37.0 Å². The van der Waals surface area contributed by atoms with Gasteiger partial charge in [-0.1, -0.05) is 12.1 Å². The fourth-order valence-corrected chi connectivity index (χ4v) is 2.48. The van der Waals surface area contributed by atoms with Gasteiger partial charge in [-0.15, -0.1) is 24.0 Å². The maximum Gasteiger partial charge on any atom is 0.191 e. The molecule has 1 aromatic rings. The summed E-state index contributed by atoms with van der Waals surface area (Å²) >= 11 is 0. The Hall–Kier alpha value is -1.37. The second-order valence-electron chi connectivity index (χ2n) is 5.72. The number of hydrogen-bond donors (Lipinski definition) is 2. The fourth-order valence-electron chi connectivity index (χ4n) is 2.48. The molecule has 1 unspecified atom stereocenters. The average Bonchev–Trinajstić information content (AvgIpc) is 3.14. The smallest absolute Gasteiger partial charge is 0.191 e. The summed E-state index contributed by atoms with van der Waals surface area (Å²) in [7, 11) is 1.75. The van der Waals surface area contributed by atoms with Crippen LogP contribution >= 0.6 is 24.0 Å². The first kappa shape index (κ1) is 21.7. The molecule has 1 atom stereocenters. The molecule has 138 valence electrons. The van der Waals surface area contributed by atoms with Crippen LogP contribution in [0, 0.1) is 11.3 Å². The Balaban J connectivity index is 0.00000312. The highest BCUT2D eigenvalue weighted by molar-refractivity contribution is 14.0. The lowest BCUT2D eigenvalue weighted by Gasteiger charge is -2.13. The van der Waals surface area contributed by atoms with Crippen molar-refractivity contribution in [3.05, 3.63) is 35.4 Å². The Labute approximate surface area is 167 Å². The quantitative estimate of drug-likeness (QED) is 0.271. The van der Waals surface area contributed by atoms with Crippen LogP contribution in [0.25, 0.3) is 0 Å². The van der Waals surface area contributed by atoms with Crippen molar-refractivity contribution in [2.24, 2.45) is 4.99 Å². The Bertz CT molecular complexity index is 551. The first-order chi connectivity index (χ1) is 11.8. The van der Waals surface area contributed by atoms with E-state index in [1.165, 1.54) is 0 Å². The van der Waals surface area contributed by atoms with Crippen molar-refractivity contribution >= 4 is 29.9 Å². The Kier molecular flexibility index (Phi) is 11.2. The third-order valence-corrected chi connectivity index (χ3v) is 3.85. The van der Waals surface area contributed by atoms with Crippen molar-refractivity contribution < 1.29 is 9.47 Å². The van der Waals surface area contributed by atoms with E-state index in [1.54, 1.807) is 7.05 Å². The van der Waals surface area contributed by atoms with Crippen LogP contribution in [0.2, 0.25) is 0 Å². The molecule has 0 aromatic heterocycles. The van der Waals surface area contributed by atoms with E-state index in [0.29, 0.717) is 24.8 Å². The zero-order chi connectivity index (χ0) is 17.0. The summed E-state index contributed by atoms with van der Waals surface area (Å²) in [6.45, 7) is 3.77. The molecule has 1 saturated heterocycles. The Morgan fingerprint density at radius 2 is 2.16 bits per heavy atom. The normalized spacial score (nSPS) is 16.8. The SMILES string of the molecule is CN=C(NCCCOCC1CCCO1)NCc1ccc(C#N)cc1.I. The van der Waals surface area contributed by atoms with Gasteiger partial charge in [0.05, 0.1) is 24.3 Å². The number of nitrogens with zero attached hydrogens (tertiary/aromatic N) is 2. The van der Waals surface area contributed by atoms with Gasteiger partial charge < -0.3 is 20.1 Å². The van der Waals surface area contributed by atoms with Gasteiger partial charge in [0.1, 0.15) is 0 Å². The van der Waals surface area contributed by atoms with Crippen molar-refractivity contribution in [3.8, 4) is 6.07 Å². The molecule has 25 heavy (non-hydrogen) atoms. The van der Waals surface area contributed by atoms with Gasteiger partial charge in [-0.3, -0.25) is 4.99 Å². The number of rotatable bonds is 8. The van der Waals surface area contributed by atoms with Crippen LogP contribution in [-0.2, 0) is 16.0 Å². The monoisotopic (exact) mass is 458 g/mol. The Morgan fingerprint density at radius 3 is 2.80 bits per heavy atom. The van der Waals surface area contributed by atoms with Crippen molar-refractivity contribution in [3.63, 3.8) is 0 Å². The molecule has 0 spiro atoms. The van der Waals surface area contributed by atoms with Crippen LogP contribution in [-0.4, -0.2) is 45.5 Å². The number of aliphatic imine (C=N–C) groups is 1. The molecule has 1 fully saturated rings. The van der Waals surface area contributed by atoms with E-state index in [0.717, 1.165) is 50.5 Å². The minimum atomic E-state index is 0. The highest BCUT2D eigenvalue weighted by Gasteiger charge is 2.14. The lowest BCUT2D eigenvalue weighted by atomic mass is 10.1. The largest absolute Gasteiger partial charge is 0.379 e. The molecule has 6 nitrogen and oxygen atoms in total. The lowest BCUT2D eigenvalue weighted by Crippen LogP contribution is -2.37. The number of ether oxygens (including phenoxy) is 2. The van der Waals surface area contributed by atoms with Crippen LogP contribution < -0.4 is 10.6 Å². The second-order valence-corrected chi connectivity index (χ2v) is 5.72. The molecule has 1 aromatic carbocycles. The summed E-state index contributed by atoms with van der Waals surface area (Å²) in [6.07, 6.45) is 3.48. The average molecular weight is 458 g/mol. The van der Waals surface area contributed by atoms with E-state index >= 15 is 0 Å². The predicted octanol–water partition coefficient (Wildman–Crippen LogP) is 2.43. The molecule has 0 aliphatic carbocycles. The van der Waals surface area contributed by atoms with Crippen molar-refractivity contribution in [1.82, 2.24) is 10.6 Å². The van der Waals surface area contributed by atoms with E-state index in [1.807, 2.05) is 24.3 Å². The van der Waals surface area contributed by atoms with E-state index in [-0.39, 0.29) is 24.0 Å². The maximum absolute atomic E-state index is 8.79. The maximum atomic E-state index is 8.79. The van der Waals surface area contributed by atoms with Crippen LogP contribution in [0.3, 0.4) is 0 Å². The zero-order valence-corrected chi connectivity index (χ0v) is 17.0. The summed E-state index contributed by atoms with van der Waals surface area (Å²) in [5, 5.41) is 15.3. The first-order valence-electron chi connectivity index (χ1n) is 8.44. The van der Waals surface area contributed by atoms with Crippen LogP contribution in [0.5, 0.6) is 0 Å². The molecule has 1 aliphatic rings. The third-order valence-electron chi connectivity index (χ3n) is 3.85. The van der Waals surface area contributed by atoms with E-state index < -0.39 is 0 Å². The highest BCUT2D eigenvalue weighted by atomic mass is 127. The standard InChI is InChI=1S/C18H26N4O2.HI/c1-20-18(22-13-16-7-5-15(12-19)6-8-16)21-9-3-10-23-14-17-4-2-11-24-17;/h5-8,17H,2-4,9-11,13-14H2,1H3,(H2,20,21,22);1H. The third kappa shape index (κ3) is 8.52. The van der Waals surface area contributed by atoms with Gasteiger partial charge in [0.15, 0.2) is 5.96 Å². The molecule has 0 saturated carbocycles. The lowest BCUT2D eigenvalue weighted by molar-refractivity contribution is 0.0168. The van der Waals surface area contributed by atoms with Crippen LogP contribution in [0.15, 0.2) is 29.3 Å². The van der Waals surface area contributed by atoms with Gasteiger partial charge in [0.25, 0.3) is 0 Å². The summed E-state index contributed by atoms with van der Waals surface area (Å²) in [5.74, 6) is 0.762. The van der Waals surface area contributed by atoms with E-state index in [9.17, 15) is 0 Å². The van der Waals surface area contributed by atoms with E-state index in [2.05, 4.69) is 21.7 Å². The molecule has 0 radical (unpaired) electrons. The minimum absolute atomic E-state index is 0. The van der Waals surface area contributed by atoms with Gasteiger partial charge in [0.2, 0.25) is 0 Å². The van der Waals surface area contributed by atoms with Crippen LogP contribution in [0.4, 0.5) is 0 Å². The molecule has 1 heterocycles. The summed E-state index contributed by atoms with van der Waals surface area (Å²) in [6, 6.07) is 9.64. The number of nitrogens with one attached hydrogen (secondary N) is 2. The van der Waals surface area contributed by atoms with Gasteiger partial charge in [-0.25, -0.2) is 0 Å². The summed E-state index contributed by atoms with van der Waals surface area (Å²) in [4.78, 5) is 4.20. The summed E-state index contributed by atoms with van der Waals surface area (Å²) < 4.78 is 11.1. The first-order valence-corrected chi connectivity index (χ1v) is 8.44. The van der Waals surface area contributed by atoms with Gasteiger partial charge >= 0.3 is 0 Å². The van der Waals surface area contributed by atoms with Crippen molar-refractivity contribution in [1.29, 1.82) is 5.26 Å². The number of halogens is 1. The topological polar surface area (TPSA) is 78.7 Å². The highest BCUT2D eigenvalue weighted by Crippen LogP contribution is 2.11. The molecule has 2 N–H and O–H groups in total. The molecule has 2 rings (SSSR count). The fraction of sp³-hybridized carbons (Fsp3) is 0.556. The Morgan fingerprint density at radius 1 is 1.36 bits per heavy atom. The van der Waals surface area contributed by atoms with E-state index in [4.69, 9.17) is 14.7 Å². The zero-order valence-electron chi connectivity index (χ0n) is 14.7. The minimum Gasteiger partial charge on any atom is -0.379 e. The summed E-state index contributed by atoms with van der Waals surface area (Å²) in [5.41, 5.74) is 1.78. The molecule has 1 aliphatic heterocycles. The second kappa shape index (κ2) is 12.9. The molecule has 0 amide bonds. The van der Waals surface area contributed by atoms with Gasteiger partial charge in [-0.2, -0.15) is 5.26 Å². The number of nitriles is 1. The molecular weight excluding hydrogens is 431 g/mol. The number of hydrogen-bond acceptors (Lipinski definition) is 4. The number of benzene rings is 1. The van der Waals surface area contributed by atoms with Crippen molar-refractivity contribution in [2.45, 2.75) is 31.9 Å². The molecule has 7 heteroatoms.